The Morgan fingerprint density at radius 1 is 1.57 bits per heavy atom. The van der Waals surface area contributed by atoms with Crippen molar-refractivity contribution in [3.05, 3.63) is 18.0 Å². The first-order valence-corrected chi connectivity index (χ1v) is 8.21. The van der Waals surface area contributed by atoms with Gasteiger partial charge >= 0.3 is 0 Å². The summed E-state index contributed by atoms with van der Waals surface area (Å²) in [7, 11) is 1.77. The van der Waals surface area contributed by atoms with Gasteiger partial charge in [0.05, 0.1) is 12.3 Å². The summed E-state index contributed by atoms with van der Waals surface area (Å²) in [5, 5.41) is 8.29. The van der Waals surface area contributed by atoms with E-state index in [-0.39, 0.29) is 0 Å². The maximum atomic E-state index is 5.25. The Morgan fingerprint density at radius 2 is 2.43 bits per heavy atom. The van der Waals surface area contributed by atoms with Gasteiger partial charge in [0.15, 0.2) is 0 Å². The SMILES string of the molecule is CCC(C)n1ccc(CN(CCOC)CC2CCCN2)n1. The number of nitrogens with zero attached hydrogens (tertiary/aromatic N) is 3. The summed E-state index contributed by atoms with van der Waals surface area (Å²) in [6.45, 7) is 9.30. The Bertz CT molecular complexity index is 401. The molecule has 2 rings (SSSR count). The second-order valence-corrected chi connectivity index (χ2v) is 6.07. The highest BCUT2D eigenvalue weighted by molar-refractivity contribution is 5.00. The zero-order chi connectivity index (χ0) is 15.1. The molecule has 2 atom stereocenters. The highest BCUT2D eigenvalue weighted by Crippen LogP contribution is 2.12. The van der Waals surface area contributed by atoms with Crippen molar-refractivity contribution in [3.8, 4) is 0 Å². The minimum Gasteiger partial charge on any atom is -0.383 e. The molecule has 1 aromatic heterocycles. The fourth-order valence-corrected chi connectivity index (χ4v) is 2.80. The van der Waals surface area contributed by atoms with Gasteiger partial charge in [0.2, 0.25) is 0 Å². The van der Waals surface area contributed by atoms with Gasteiger partial charge in [-0.25, -0.2) is 0 Å². The number of rotatable bonds is 9. The normalized spacial score (nSPS) is 20.3. The molecule has 1 aliphatic rings. The molecule has 2 unspecified atom stereocenters. The molecule has 1 fully saturated rings. The molecule has 120 valence electrons. The fraction of sp³-hybridized carbons (Fsp3) is 0.812. The summed E-state index contributed by atoms with van der Waals surface area (Å²) >= 11 is 0. The van der Waals surface area contributed by atoms with E-state index in [0.717, 1.165) is 44.9 Å². The smallest absolute Gasteiger partial charge is 0.0764 e. The third kappa shape index (κ3) is 5.09. The number of aromatic nitrogens is 2. The predicted molar refractivity (Wildman–Crippen MR) is 85.4 cm³/mol. The average molecular weight is 294 g/mol. The first kappa shape index (κ1) is 16.5. The number of nitrogens with one attached hydrogen (secondary N) is 1. The van der Waals surface area contributed by atoms with Gasteiger partial charge in [0.25, 0.3) is 0 Å². The van der Waals surface area contributed by atoms with E-state index in [9.17, 15) is 0 Å². The lowest BCUT2D eigenvalue weighted by atomic mass is 10.2. The number of methoxy groups -OCH3 is 1. The third-order valence-electron chi connectivity index (χ3n) is 4.34. The number of hydrogen-bond donors (Lipinski definition) is 1. The lowest BCUT2D eigenvalue weighted by Crippen LogP contribution is -2.38. The monoisotopic (exact) mass is 294 g/mol. The molecule has 0 bridgehead atoms. The summed E-state index contributed by atoms with van der Waals surface area (Å²) in [5.41, 5.74) is 1.16. The van der Waals surface area contributed by atoms with Gasteiger partial charge in [-0.3, -0.25) is 9.58 Å². The van der Waals surface area contributed by atoms with E-state index in [1.54, 1.807) is 7.11 Å². The Labute approximate surface area is 128 Å². The molecule has 1 aliphatic heterocycles. The second kappa shape index (κ2) is 8.51. The van der Waals surface area contributed by atoms with Crippen LogP contribution in [-0.4, -0.2) is 54.1 Å². The summed E-state index contributed by atoms with van der Waals surface area (Å²) in [5.74, 6) is 0. The maximum Gasteiger partial charge on any atom is 0.0764 e. The Hall–Kier alpha value is -0.910. The molecule has 21 heavy (non-hydrogen) atoms. The van der Waals surface area contributed by atoms with E-state index in [4.69, 9.17) is 9.84 Å². The van der Waals surface area contributed by atoms with Gasteiger partial charge in [-0.05, 0) is 38.8 Å². The summed E-state index contributed by atoms with van der Waals surface area (Å²) in [4.78, 5) is 2.45. The fourth-order valence-electron chi connectivity index (χ4n) is 2.80. The van der Waals surface area contributed by atoms with Crippen LogP contribution in [0.4, 0.5) is 0 Å². The standard InChI is InChI=1S/C16H30N4O/c1-4-14(2)20-9-7-16(18-20)13-19(10-11-21-3)12-15-6-5-8-17-15/h7,9,14-15,17H,4-6,8,10-13H2,1-3H3. The van der Waals surface area contributed by atoms with E-state index in [1.807, 2.05) is 0 Å². The largest absolute Gasteiger partial charge is 0.383 e. The van der Waals surface area contributed by atoms with Gasteiger partial charge in [-0.1, -0.05) is 6.92 Å². The van der Waals surface area contributed by atoms with Crippen molar-refractivity contribution in [2.24, 2.45) is 0 Å². The molecule has 5 heteroatoms. The van der Waals surface area contributed by atoms with Crippen LogP contribution >= 0.6 is 0 Å². The van der Waals surface area contributed by atoms with Crippen molar-refractivity contribution in [2.45, 2.75) is 51.7 Å². The van der Waals surface area contributed by atoms with E-state index in [2.05, 4.69) is 41.0 Å². The molecule has 1 N–H and O–H groups in total. The second-order valence-electron chi connectivity index (χ2n) is 6.07. The zero-order valence-corrected chi connectivity index (χ0v) is 13.7. The van der Waals surface area contributed by atoms with Gasteiger partial charge < -0.3 is 10.1 Å². The molecule has 5 nitrogen and oxygen atoms in total. The molecule has 0 aliphatic carbocycles. The van der Waals surface area contributed by atoms with Crippen LogP contribution in [0.2, 0.25) is 0 Å². The third-order valence-corrected chi connectivity index (χ3v) is 4.34. The van der Waals surface area contributed by atoms with Crippen molar-refractivity contribution in [1.29, 1.82) is 0 Å². The summed E-state index contributed by atoms with van der Waals surface area (Å²) in [6, 6.07) is 3.25. The minimum atomic E-state index is 0.475. The van der Waals surface area contributed by atoms with Crippen LogP contribution in [-0.2, 0) is 11.3 Å². The molecule has 2 heterocycles. The molecule has 0 saturated carbocycles. The highest BCUT2D eigenvalue weighted by Gasteiger charge is 2.18. The van der Waals surface area contributed by atoms with Crippen molar-refractivity contribution in [1.82, 2.24) is 20.0 Å². The first-order valence-electron chi connectivity index (χ1n) is 8.21. The van der Waals surface area contributed by atoms with Crippen LogP contribution in [0.1, 0.15) is 44.8 Å². The molecule has 1 aromatic rings. The van der Waals surface area contributed by atoms with E-state index >= 15 is 0 Å². The molecule has 0 radical (unpaired) electrons. The minimum absolute atomic E-state index is 0.475. The topological polar surface area (TPSA) is 42.3 Å². The highest BCUT2D eigenvalue weighted by atomic mass is 16.5. The summed E-state index contributed by atoms with van der Waals surface area (Å²) < 4.78 is 7.33. The van der Waals surface area contributed by atoms with Crippen LogP contribution in [0, 0.1) is 0 Å². The zero-order valence-electron chi connectivity index (χ0n) is 13.7. The van der Waals surface area contributed by atoms with Crippen LogP contribution in [0.15, 0.2) is 12.3 Å². The van der Waals surface area contributed by atoms with Crippen LogP contribution < -0.4 is 5.32 Å². The Kier molecular flexibility index (Phi) is 6.67. The van der Waals surface area contributed by atoms with Gasteiger partial charge in [0.1, 0.15) is 0 Å². The van der Waals surface area contributed by atoms with Crippen LogP contribution in [0.25, 0.3) is 0 Å². The van der Waals surface area contributed by atoms with Crippen LogP contribution in [0.5, 0.6) is 0 Å². The van der Waals surface area contributed by atoms with Crippen molar-refractivity contribution in [3.63, 3.8) is 0 Å². The lowest BCUT2D eigenvalue weighted by Gasteiger charge is -2.24. The molecular formula is C16H30N4O. The number of ether oxygens (including phenoxy) is 1. The molecule has 0 aromatic carbocycles. The summed E-state index contributed by atoms with van der Waals surface area (Å²) in [6.07, 6.45) is 5.79. The van der Waals surface area contributed by atoms with Gasteiger partial charge in [-0.2, -0.15) is 5.10 Å². The molecular weight excluding hydrogens is 264 g/mol. The van der Waals surface area contributed by atoms with Crippen molar-refractivity contribution in [2.75, 3.05) is 33.4 Å². The number of hydrogen-bond acceptors (Lipinski definition) is 4. The molecule has 1 saturated heterocycles. The van der Waals surface area contributed by atoms with Crippen LogP contribution in [0.3, 0.4) is 0 Å². The molecule has 0 spiro atoms. The Balaban J connectivity index is 1.91. The quantitative estimate of drug-likeness (QED) is 0.757. The predicted octanol–water partition coefficient (Wildman–Crippen LogP) is 2.05. The van der Waals surface area contributed by atoms with E-state index in [0.29, 0.717) is 12.1 Å². The average Bonchev–Trinajstić information content (AvgIpc) is 3.15. The van der Waals surface area contributed by atoms with Crippen molar-refractivity contribution < 1.29 is 4.74 Å². The molecule has 0 amide bonds. The lowest BCUT2D eigenvalue weighted by molar-refractivity contribution is 0.137. The van der Waals surface area contributed by atoms with Gasteiger partial charge in [0, 0.05) is 45.0 Å². The van der Waals surface area contributed by atoms with Gasteiger partial charge in [-0.15, -0.1) is 0 Å². The van der Waals surface area contributed by atoms with E-state index in [1.165, 1.54) is 12.8 Å². The maximum absolute atomic E-state index is 5.25. The van der Waals surface area contributed by atoms with Crippen molar-refractivity contribution >= 4 is 0 Å². The first-order chi connectivity index (χ1) is 10.2. The Morgan fingerprint density at radius 3 is 3.10 bits per heavy atom. The van der Waals surface area contributed by atoms with E-state index < -0.39 is 0 Å².